The van der Waals surface area contributed by atoms with Gasteiger partial charge in [0, 0.05) is 5.56 Å². The molecule has 0 unspecified atom stereocenters. The number of nitrogens with zero attached hydrogens (tertiary/aromatic N) is 1. The Kier molecular flexibility index (Phi) is 5.89. The van der Waals surface area contributed by atoms with Gasteiger partial charge in [-0.1, -0.05) is 42.0 Å². The summed E-state index contributed by atoms with van der Waals surface area (Å²) in [6.07, 6.45) is 1.56. The van der Waals surface area contributed by atoms with Crippen molar-refractivity contribution in [2.75, 3.05) is 4.90 Å². The lowest BCUT2D eigenvalue weighted by Gasteiger charge is -2.41. The SMILES string of the molecule is CC1=CC(C)(C)N(C(=O)OC(C)(C)C)c2ccc(C(c3ccc(C)cc3)=S(=O)=O)cc21. The Hall–Kier alpha value is -2.86. The molecule has 3 rings (SSSR count). The fourth-order valence-electron chi connectivity index (χ4n) is 3.88. The molecule has 5 nitrogen and oxygen atoms in total. The van der Waals surface area contributed by atoms with E-state index in [1.165, 1.54) is 0 Å². The average molecular weight is 440 g/mol. The fraction of sp³-hybridized carbons (Fsp3) is 0.360. The van der Waals surface area contributed by atoms with Crippen LogP contribution in [0.25, 0.3) is 5.57 Å². The Labute approximate surface area is 185 Å². The van der Waals surface area contributed by atoms with Gasteiger partial charge >= 0.3 is 6.09 Å². The number of allylic oxidation sites excluding steroid dienone is 1. The lowest BCUT2D eigenvalue weighted by molar-refractivity contribution is 0.0556. The highest BCUT2D eigenvalue weighted by Crippen LogP contribution is 2.40. The smallest absolute Gasteiger partial charge is 0.415 e. The molecule has 0 saturated heterocycles. The van der Waals surface area contributed by atoms with Crippen LogP contribution >= 0.6 is 0 Å². The van der Waals surface area contributed by atoms with Crippen molar-refractivity contribution >= 4 is 32.5 Å². The Morgan fingerprint density at radius 3 is 2.10 bits per heavy atom. The van der Waals surface area contributed by atoms with Crippen LogP contribution in [0.2, 0.25) is 0 Å². The van der Waals surface area contributed by atoms with Crippen molar-refractivity contribution in [3.8, 4) is 0 Å². The molecule has 2 aromatic carbocycles. The normalized spacial score (nSPS) is 15.1. The van der Waals surface area contributed by atoms with Crippen LogP contribution in [0.15, 0.2) is 48.5 Å². The molecule has 0 bridgehead atoms. The molecule has 6 heteroatoms. The van der Waals surface area contributed by atoms with Crippen molar-refractivity contribution in [2.45, 2.75) is 59.6 Å². The van der Waals surface area contributed by atoms with Crippen molar-refractivity contribution in [1.82, 2.24) is 0 Å². The first-order valence-electron chi connectivity index (χ1n) is 10.2. The number of hydrogen-bond donors (Lipinski definition) is 0. The quantitative estimate of drug-likeness (QED) is 0.465. The van der Waals surface area contributed by atoms with E-state index >= 15 is 0 Å². The average Bonchev–Trinajstić information content (AvgIpc) is 2.61. The summed E-state index contributed by atoms with van der Waals surface area (Å²) in [5.74, 6) is 0. The predicted molar refractivity (Wildman–Crippen MR) is 126 cm³/mol. The number of rotatable bonds is 2. The molecule has 0 fully saturated rings. The van der Waals surface area contributed by atoms with Gasteiger partial charge in [0.25, 0.3) is 0 Å². The third kappa shape index (κ3) is 4.74. The molecular weight excluding hydrogens is 410 g/mol. The summed E-state index contributed by atoms with van der Waals surface area (Å²) in [5.41, 5.74) is 3.51. The summed E-state index contributed by atoms with van der Waals surface area (Å²) in [5, 5.41) is 0. The monoisotopic (exact) mass is 439 g/mol. The van der Waals surface area contributed by atoms with Crippen LogP contribution in [-0.4, -0.2) is 30.5 Å². The first kappa shape index (κ1) is 22.8. The van der Waals surface area contributed by atoms with Crippen molar-refractivity contribution < 1.29 is 17.9 Å². The van der Waals surface area contributed by atoms with Crippen LogP contribution in [-0.2, 0) is 15.0 Å². The van der Waals surface area contributed by atoms with Crippen LogP contribution in [0.3, 0.4) is 0 Å². The number of hydrogen-bond acceptors (Lipinski definition) is 4. The van der Waals surface area contributed by atoms with Gasteiger partial charge in [-0.2, -0.15) is 8.42 Å². The fourth-order valence-corrected chi connectivity index (χ4v) is 4.52. The maximum atomic E-state index is 13.0. The zero-order valence-electron chi connectivity index (χ0n) is 19.1. The highest BCUT2D eigenvalue weighted by Gasteiger charge is 2.38. The summed E-state index contributed by atoms with van der Waals surface area (Å²) in [6.45, 7) is 13.3. The molecule has 0 radical (unpaired) electrons. The molecule has 1 aliphatic rings. The lowest BCUT2D eigenvalue weighted by atomic mass is 9.87. The summed E-state index contributed by atoms with van der Waals surface area (Å²) >= 11 is 0. The van der Waals surface area contributed by atoms with Crippen LogP contribution in [0, 0.1) is 6.92 Å². The van der Waals surface area contributed by atoms with E-state index in [0.717, 1.165) is 16.7 Å². The van der Waals surface area contributed by atoms with Crippen molar-refractivity contribution in [3.05, 3.63) is 70.8 Å². The highest BCUT2D eigenvalue weighted by molar-refractivity contribution is 7.74. The van der Waals surface area contributed by atoms with Crippen molar-refractivity contribution in [1.29, 1.82) is 0 Å². The highest BCUT2D eigenvalue weighted by atomic mass is 32.2. The number of amides is 1. The topological polar surface area (TPSA) is 63.7 Å². The number of aryl methyl sites for hydroxylation is 1. The van der Waals surface area contributed by atoms with Gasteiger partial charge in [0.2, 0.25) is 10.3 Å². The number of carbonyl (C=O) groups excluding carboxylic acids is 1. The van der Waals surface area contributed by atoms with Gasteiger partial charge in [0.05, 0.1) is 11.2 Å². The molecular formula is C25H29NO4S. The van der Waals surface area contributed by atoms with Gasteiger partial charge < -0.3 is 4.74 Å². The standard InChI is InChI=1S/C25H29NO4S/c1-16-8-10-18(11-9-16)22(31(28)29)19-12-13-21-20(14-19)17(2)15-25(6,7)26(21)23(27)30-24(3,4)5/h8-15H,1-7H3. The van der Waals surface area contributed by atoms with E-state index in [4.69, 9.17) is 4.74 Å². The maximum absolute atomic E-state index is 13.0. The summed E-state index contributed by atoms with van der Waals surface area (Å²) in [7, 11) is -2.43. The lowest BCUT2D eigenvalue weighted by Crippen LogP contribution is -2.50. The number of anilines is 1. The Bertz CT molecular complexity index is 1190. The van der Waals surface area contributed by atoms with Crippen LogP contribution < -0.4 is 4.90 Å². The minimum Gasteiger partial charge on any atom is -0.443 e. The number of fused-ring (bicyclic) bond motifs is 1. The van der Waals surface area contributed by atoms with Crippen LogP contribution in [0.1, 0.15) is 63.8 Å². The van der Waals surface area contributed by atoms with Crippen LogP contribution in [0.4, 0.5) is 10.5 Å². The van der Waals surface area contributed by atoms with E-state index < -0.39 is 27.5 Å². The Balaban J connectivity index is 2.16. The van der Waals surface area contributed by atoms with Gasteiger partial charge in [-0.25, -0.2) is 4.79 Å². The minimum atomic E-state index is -2.43. The Morgan fingerprint density at radius 1 is 0.968 bits per heavy atom. The van der Waals surface area contributed by atoms with Gasteiger partial charge in [0.1, 0.15) is 10.5 Å². The molecule has 0 atom stereocenters. The second-order valence-electron chi connectivity index (χ2n) is 9.46. The summed E-state index contributed by atoms with van der Waals surface area (Å²) in [4.78, 5) is 14.9. The minimum absolute atomic E-state index is 0.226. The first-order chi connectivity index (χ1) is 14.3. The van der Waals surface area contributed by atoms with Gasteiger partial charge in [-0.3, -0.25) is 4.90 Å². The molecule has 31 heavy (non-hydrogen) atoms. The molecule has 1 amide bonds. The molecule has 1 heterocycles. The van der Waals surface area contributed by atoms with E-state index in [-0.39, 0.29) is 4.86 Å². The molecule has 1 aliphatic heterocycles. The van der Waals surface area contributed by atoms with Crippen LogP contribution in [0.5, 0.6) is 0 Å². The zero-order chi connectivity index (χ0) is 23.1. The number of ether oxygens (including phenoxy) is 1. The summed E-state index contributed by atoms with van der Waals surface area (Å²) < 4.78 is 29.9. The zero-order valence-corrected chi connectivity index (χ0v) is 19.9. The van der Waals surface area contributed by atoms with E-state index in [1.807, 2.05) is 72.7 Å². The first-order valence-corrected chi connectivity index (χ1v) is 11.3. The largest absolute Gasteiger partial charge is 0.443 e. The van der Waals surface area contributed by atoms with E-state index in [9.17, 15) is 13.2 Å². The number of carbonyl (C=O) groups is 1. The summed E-state index contributed by atoms with van der Waals surface area (Å²) in [6, 6.07) is 12.8. The van der Waals surface area contributed by atoms with Crippen molar-refractivity contribution in [2.24, 2.45) is 0 Å². The van der Waals surface area contributed by atoms with Gasteiger partial charge in [0.15, 0.2) is 0 Å². The van der Waals surface area contributed by atoms with Crippen molar-refractivity contribution in [3.63, 3.8) is 0 Å². The molecule has 0 saturated carbocycles. The second kappa shape index (κ2) is 8.00. The number of benzene rings is 2. The van der Waals surface area contributed by atoms with E-state index in [0.29, 0.717) is 16.8 Å². The van der Waals surface area contributed by atoms with Gasteiger partial charge in [-0.15, -0.1) is 0 Å². The van der Waals surface area contributed by atoms with E-state index in [2.05, 4.69) is 0 Å². The molecule has 0 spiro atoms. The van der Waals surface area contributed by atoms with E-state index in [1.54, 1.807) is 29.2 Å². The third-order valence-electron chi connectivity index (χ3n) is 5.13. The molecule has 164 valence electrons. The third-order valence-corrected chi connectivity index (χ3v) is 5.93. The predicted octanol–water partition coefficient (Wildman–Crippen LogP) is 5.38. The molecule has 0 aromatic heterocycles. The Morgan fingerprint density at radius 2 is 1.55 bits per heavy atom. The second-order valence-corrected chi connectivity index (χ2v) is 10.3. The molecule has 0 aliphatic carbocycles. The maximum Gasteiger partial charge on any atom is 0.415 e. The molecule has 0 N–H and O–H groups in total. The van der Waals surface area contributed by atoms with Gasteiger partial charge in [-0.05, 0) is 77.3 Å². The molecule has 2 aromatic rings.